The summed E-state index contributed by atoms with van der Waals surface area (Å²) in [4.78, 5) is 12.5. The smallest absolute Gasteiger partial charge is 0.405 e. The van der Waals surface area contributed by atoms with Crippen molar-refractivity contribution in [2.24, 2.45) is 0 Å². The molecule has 0 N–H and O–H groups in total. The molecule has 0 saturated carbocycles. The minimum atomic E-state index is -0.287. The number of hydrogen-bond acceptors (Lipinski definition) is 4. The van der Waals surface area contributed by atoms with Gasteiger partial charge in [-0.3, -0.25) is 0 Å². The first kappa shape index (κ1) is 16.9. The lowest BCUT2D eigenvalue weighted by atomic mass is 10.1. The fourth-order valence-electron chi connectivity index (χ4n) is 2.29. The molecule has 1 aromatic heterocycles. The predicted octanol–water partition coefficient (Wildman–Crippen LogP) is 3.85. The van der Waals surface area contributed by atoms with Gasteiger partial charge in [0, 0.05) is 18.4 Å². The Morgan fingerprint density at radius 3 is 2.41 bits per heavy atom. The molecule has 0 fully saturated rings. The largest absolute Gasteiger partial charge is 0.458 e. The molecule has 3 nitrogen and oxygen atoms in total. The van der Waals surface area contributed by atoms with Gasteiger partial charge < -0.3 is 4.74 Å². The van der Waals surface area contributed by atoms with E-state index in [9.17, 15) is 4.79 Å². The molecule has 0 radical (unpaired) electrons. The number of hydrogen-bond donors (Lipinski definition) is 0. The number of carbonyl (C=O) groups is 1. The Morgan fingerprint density at radius 2 is 1.82 bits per heavy atom. The van der Waals surface area contributed by atoms with Crippen LogP contribution >= 0.6 is 23.5 Å². The number of carbonyl (C=O) groups excluding carboxylic acids is 1. The number of aromatic nitrogens is 1. The van der Waals surface area contributed by atoms with Gasteiger partial charge in [0.2, 0.25) is 0 Å². The van der Waals surface area contributed by atoms with E-state index in [2.05, 4.69) is 12.1 Å². The number of benzene rings is 1. The second-order valence-corrected chi connectivity index (χ2v) is 6.57. The van der Waals surface area contributed by atoms with E-state index in [0.717, 1.165) is 20.7 Å². The molecule has 0 aliphatic rings. The number of nitrogens with zero attached hydrogens (tertiary/aromatic N) is 1. The number of esters is 1. The van der Waals surface area contributed by atoms with Gasteiger partial charge in [0.1, 0.15) is 4.24 Å². The first-order valence-corrected chi connectivity index (χ1v) is 9.48. The Balaban J connectivity index is 2.68. The molecule has 2 rings (SSSR count). The standard InChI is InChI=1S/C17H20NO2S2/c1-5-20-16(19)15(17(21-3)22-4)18-11-14-9-7-6-8-13(14)10-12(18)2/h6-11H,5H2,1-4H3/q+1. The summed E-state index contributed by atoms with van der Waals surface area (Å²) < 4.78 is 8.15. The normalized spacial score (nSPS) is 10.5. The summed E-state index contributed by atoms with van der Waals surface area (Å²) in [7, 11) is 0. The molecule has 116 valence electrons. The third kappa shape index (κ3) is 3.47. The maximum atomic E-state index is 12.5. The summed E-state index contributed by atoms with van der Waals surface area (Å²) in [5, 5.41) is 2.26. The highest BCUT2D eigenvalue weighted by Crippen LogP contribution is 2.29. The molecule has 0 amide bonds. The van der Waals surface area contributed by atoms with Crippen molar-refractivity contribution in [3.05, 3.63) is 46.5 Å². The molecular formula is C17H20NO2S2+. The van der Waals surface area contributed by atoms with Gasteiger partial charge >= 0.3 is 11.7 Å². The Labute approximate surface area is 139 Å². The van der Waals surface area contributed by atoms with Crippen LogP contribution in [0.3, 0.4) is 0 Å². The molecule has 0 unspecified atom stereocenters. The van der Waals surface area contributed by atoms with Gasteiger partial charge in [-0.1, -0.05) is 18.2 Å². The quantitative estimate of drug-likeness (QED) is 0.472. The van der Waals surface area contributed by atoms with Crippen molar-refractivity contribution in [1.82, 2.24) is 0 Å². The molecule has 2 aromatic rings. The highest BCUT2D eigenvalue weighted by atomic mass is 32.2. The fourth-order valence-corrected chi connectivity index (χ4v) is 3.71. The van der Waals surface area contributed by atoms with Crippen LogP contribution in [-0.2, 0) is 9.53 Å². The van der Waals surface area contributed by atoms with Crippen LogP contribution in [0, 0.1) is 6.92 Å². The summed E-state index contributed by atoms with van der Waals surface area (Å²) in [5.74, 6) is -0.287. The summed E-state index contributed by atoms with van der Waals surface area (Å²) in [5.41, 5.74) is 1.59. The SMILES string of the molecule is CCOC(=O)C(=C(SC)SC)[n+]1cc2ccccc2cc1C. The zero-order valence-electron chi connectivity index (χ0n) is 13.3. The number of aryl methyl sites for hydroxylation is 1. The molecule has 0 aliphatic carbocycles. The van der Waals surface area contributed by atoms with Crippen molar-refractivity contribution < 1.29 is 14.1 Å². The van der Waals surface area contributed by atoms with Crippen molar-refractivity contribution in [2.75, 3.05) is 19.1 Å². The molecular weight excluding hydrogens is 314 g/mol. The lowest BCUT2D eigenvalue weighted by Gasteiger charge is -2.09. The monoisotopic (exact) mass is 334 g/mol. The minimum absolute atomic E-state index is 0.287. The summed E-state index contributed by atoms with van der Waals surface area (Å²) in [6, 6.07) is 10.2. The van der Waals surface area contributed by atoms with Crippen LogP contribution in [0.4, 0.5) is 0 Å². The van der Waals surface area contributed by atoms with E-state index in [4.69, 9.17) is 4.74 Å². The first-order chi connectivity index (χ1) is 10.6. The Kier molecular flexibility index (Phi) is 5.91. The molecule has 5 heteroatoms. The molecule has 22 heavy (non-hydrogen) atoms. The number of fused-ring (bicyclic) bond motifs is 1. The van der Waals surface area contributed by atoms with Crippen molar-refractivity contribution in [3.8, 4) is 0 Å². The van der Waals surface area contributed by atoms with E-state index in [0.29, 0.717) is 12.3 Å². The summed E-state index contributed by atoms with van der Waals surface area (Å²) in [6.07, 6.45) is 5.95. The number of rotatable bonds is 5. The van der Waals surface area contributed by atoms with E-state index in [1.165, 1.54) is 0 Å². The van der Waals surface area contributed by atoms with Crippen LogP contribution in [0.25, 0.3) is 16.5 Å². The average molecular weight is 334 g/mol. The van der Waals surface area contributed by atoms with Crippen LogP contribution in [0.1, 0.15) is 12.6 Å². The van der Waals surface area contributed by atoms with Gasteiger partial charge in [0.15, 0.2) is 11.9 Å². The van der Waals surface area contributed by atoms with Gasteiger partial charge in [0.05, 0.1) is 6.61 Å². The van der Waals surface area contributed by atoms with E-state index in [1.807, 2.05) is 55.3 Å². The average Bonchev–Trinajstić information content (AvgIpc) is 2.52. The lowest BCUT2D eigenvalue weighted by Crippen LogP contribution is -2.40. The van der Waals surface area contributed by atoms with E-state index in [-0.39, 0.29) is 5.97 Å². The van der Waals surface area contributed by atoms with Crippen molar-refractivity contribution in [3.63, 3.8) is 0 Å². The Morgan fingerprint density at radius 1 is 1.18 bits per heavy atom. The van der Waals surface area contributed by atoms with Gasteiger partial charge in [-0.25, -0.2) is 4.79 Å². The molecule has 0 aliphatic heterocycles. The second kappa shape index (κ2) is 7.70. The highest BCUT2D eigenvalue weighted by Gasteiger charge is 2.29. The van der Waals surface area contributed by atoms with Crippen LogP contribution in [-0.4, -0.2) is 25.1 Å². The van der Waals surface area contributed by atoms with Gasteiger partial charge in [-0.05, 0) is 30.9 Å². The van der Waals surface area contributed by atoms with Gasteiger partial charge in [0.25, 0.3) is 0 Å². The molecule has 0 spiro atoms. The maximum absolute atomic E-state index is 12.5. The van der Waals surface area contributed by atoms with Gasteiger partial charge in [-0.15, -0.1) is 23.5 Å². The maximum Gasteiger partial charge on any atom is 0.405 e. The fraction of sp³-hybridized carbons (Fsp3) is 0.294. The van der Waals surface area contributed by atoms with Crippen molar-refractivity contribution >= 4 is 46.0 Å². The van der Waals surface area contributed by atoms with Crippen LogP contribution in [0.15, 0.2) is 40.8 Å². The van der Waals surface area contributed by atoms with Crippen LogP contribution in [0.5, 0.6) is 0 Å². The third-order valence-corrected chi connectivity index (χ3v) is 5.41. The number of thioether (sulfide) groups is 2. The third-order valence-electron chi connectivity index (χ3n) is 3.28. The van der Waals surface area contributed by atoms with E-state index >= 15 is 0 Å². The summed E-state index contributed by atoms with van der Waals surface area (Å²) >= 11 is 3.12. The molecule has 0 saturated heterocycles. The van der Waals surface area contributed by atoms with E-state index in [1.54, 1.807) is 23.5 Å². The van der Waals surface area contributed by atoms with Crippen molar-refractivity contribution in [1.29, 1.82) is 0 Å². The van der Waals surface area contributed by atoms with Crippen LogP contribution in [0.2, 0.25) is 0 Å². The Hall–Kier alpha value is -1.46. The Bertz CT molecular complexity index is 720. The number of ether oxygens (including phenoxy) is 1. The molecule has 0 bridgehead atoms. The zero-order chi connectivity index (χ0) is 16.1. The second-order valence-electron chi connectivity index (χ2n) is 4.68. The van der Waals surface area contributed by atoms with Gasteiger partial charge in [-0.2, -0.15) is 4.57 Å². The highest BCUT2D eigenvalue weighted by molar-refractivity contribution is 8.21. The summed E-state index contributed by atoms with van der Waals surface area (Å²) in [6.45, 7) is 4.20. The minimum Gasteiger partial charge on any atom is -0.458 e. The topological polar surface area (TPSA) is 30.2 Å². The molecule has 0 atom stereocenters. The van der Waals surface area contributed by atoms with Crippen molar-refractivity contribution in [2.45, 2.75) is 13.8 Å². The lowest BCUT2D eigenvalue weighted by molar-refractivity contribution is -0.584. The van der Waals surface area contributed by atoms with Crippen LogP contribution < -0.4 is 4.57 Å². The predicted molar refractivity (Wildman–Crippen MR) is 95.8 cm³/mol. The zero-order valence-corrected chi connectivity index (χ0v) is 14.9. The molecule has 1 aromatic carbocycles. The first-order valence-electron chi connectivity index (χ1n) is 7.03. The molecule has 1 heterocycles. The van der Waals surface area contributed by atoms with E-state index < -0.39 is 0 Å². The number of pyridine rings is 1.